The Kier molecular flexibility index (Phi) is 8.21. The van der Waals surface area contributed by atoms with Crippen molar-refractivity contribution in [3.8, 4) is 0 Å². The second-order valence-electron chi connectivity index (χ2n) is 3.68. The molecule has 0 spiro atoms. The average Bonchev–Trinajstić information content (AvgIpc) is 2.23. The minimum Gasteiger partial charge on any atom is -0.481 e. The van der Waals surface area contributed by atoms with Crippen LogP contribution in [0.1, 0.15) is 39.0 Å². The van der Waals surface area contributed by atoms with Gasteiger partial charge in [0, 0.05) is 0 Å². The van der Waals surface area contributed by atoms with E-state index in [1.54, 1.807) is 6.08 Å². The molecule has 0 aliphatic rings. The molecule has 0 aromatic heterocycles. The van der Waals surface area contributed by atoms with E-state index in [9.17, 15) is 9.59 Å². The second-order valence-corrected chi connectivity index (χ2v) is 3.68. The van der Waals surface area contributed by atoms with Gasteiger partial charge in [0.25, 0.3) is 0 Å². The van der Waals surface area contributed by atoms with Gasteiger partial charge in [-0.3, -0.25) is 9.59 Å². The molecule has 0 amide bonds. The molecule has 0 unspecified atom stereocenters. The van der Waals surface area contributed by atoms with Crippen molar-refractivity contribution in [1.29, 1.82) is 0 Å². The first-order valence-corrected chi connectivity index (χ1v) is 5.61. The number of hydrogen-bond donors (Lipinski definition) is 1. The molecule has 0 aliphatic heterocycles. The predicted octanol–water partition coefficient (Wildman–Crippen LogP) is 2.39. The van der Waals surface area contributed by atoms with Gasteiger partial charge < -0.3 is 9.84 Å². The van der Waals surface area contributed by atoms with Crippen LogP contribution in [0.2, 0.25) is 0 Å². The highest BCUT2D eigenvalue weighted by Crippen LogP contribution is 2.12. The van der Waals surface area contributed by atoms with E-state index in [4.69, 9.17) is 9.84 Å². The van der Waals surface area contributed by atoms with Gasteiger partial charge in [-0.2, -0.15) is 0 Å². The zero-order valence-electron chi connectivity index (χ0n) is 9.78. The Balaban J connectivity index is 3.81. The summed E-state index contributed by atoms with van der Waals surface area (Å²) in [6, 6.07) is 0. The molecular formula is C12H20O4. The van der Waals surface area contributed by atoms with Crippen LogP contribution in [0.15, 0.2) is 12.7 Å². The first-order valence-electron chi connectivity index (χ1n) is 5.61. The summed E-state index contributed by atoms with van der Waals surface area (Å²) in [5, 5.41) is 8.84. The fourth-order valence-corrected chi connectivity index (χ4v) is 1.34. The lowest BCUT2D eigenvalue weighted by atomic mass is 10.0. The highest BCUT2D eigenvalue weighted by molar-refractivity contribution is 5.78. The van der Waals surface area contributed by atoms with E-state index < -0.39 is 17.9 Å². The second kappa shape index (κ2) is 8.95. The number of carbonyl (C=O) groups is 2. The summed E-state index contributed by atoms with van der Waals surface area (Å²) in [7, 11) is 0. The van der Waals surface area contributed by atoms with Crippen LogP contribution in [0.5, 0.6) is 0 Å². The maximum absolute atomic E-state index is 11.3. The molecule has 0 fully saturated rings. The van der Waals surface area contributed by atoms with Gasteiger partial charge in [0.1, 0.15) is 0 Å². The zero-order valence-corrected chi connectivity index (χ0v) is 9.78. The van der Waals surface area contributed by atoms with Gasteiger partial charge in [-0.15, -0.1) is 6.58 Å². The number of ether oxygens (including phenoxy) is 1. The Hall–Kier alpha value is -1.32. The molecule has 0 aliphatic carbocycles. The van der Waals surface area contributed by atoms with Gasteiger partial charge >= 0.3 is 11.9 Å². The lowest BCUT2D eigenvalue weighted by Gasteiger charge is -2.10. The van der Waals surface area contributed by atoms with Gasteiger partial charge in [0.15, 0.2) is 0 Å². The molecule has 0 saturated heterocycles. The van der Waals surface area contributed by atoms with Crippen LogP contribution < -0.4 is 0 Å². The van der Waals surface area contributed by atoms with Crippen LogP contribution in [0, 0.1) is 5.92 Å². The number of carbonyl (C=O) groups excluding carboxylic acids is 1. The summed E-state index contributed by atoms with van der Waals surface area (Å²) in [5.41, 5.74) is 0. The number of esters is 1. The summed E-state index contributed by atoms with van der Waals surface area (Å²) >= 11 is 0. The minimum atomic E-state index is -0.926. The molecule has 0 aromatic rings. The fourth-order valence-electron chi connectivity index (χ4n) is 1.34. The van der Waals surface area contributed by atoms with Crippen molar-refractivity contribution in [3.63, 3.8) is 0 Å². The van der Waals surface area contributed by atoms with E-state index in [2.05, 4.69) is 6.58 Å². The topological polar surface area (TPSA) is 63.6 Å². The number of rotatable bonds is 9. The molecule has 4 nitrogen and oxygen atoms in total. The van der Waals surface area contributed by atoms with Gasteiger partial charge in [-0.05, 0) is 19.3 Å². The van der Waals surface area contributed by atoms with E-state index in [-0.39, 0.29) is 6.42 Å². The molecule has 0 heterocycles. The standard InChI is InChI=1S/C12H20O4/c1-3-5-6-8-16-11(13)9-10(7-4-2)12(14)15/h3,10H,1,4-9H2,2H3,(H,14,15)/t10-/m1/s1. The summed E-state index contributed by atoms with van der Waals surface area (Å²) in [6.07, 6.45) is 4.52. The molecule has 16 heavy (non-hydrogen) atoms. The van der Waals surface area contributed by atoms with E-state index in [1.807, 2.05) is 6.92 Å². The van der Waals surface area contributed by atoms with Gasteiger partial charge in [-0.25, -0.2) is 0 Å². The van der Waals surface area contributed by atoms with Crippen molar-refractivity contribution in [2.45, 2.75) is 39.0 Å². The summed E-state index contributed by atoms with van der Waals surface area (Å²) < 4.78 is 4.92. The fraction of sp³-hybridized carbons (Fsp3) is 0.667. The van der Waals surface area contributed by atoms with Crippen LogP contribution in [0.4, 0.5) is 0 Å². The summed E-state index contributed by atoms with van der Waals surface area (Å²) in [5.74, 6) is -1.97. The molecule has 0 aromatic carbocycles. The van der Waals surface area contributed by atoms with E-state index in [1.165, 1.54) is 0 Å². The molecule has 1 atom stereocenters. The number of carboxylic acids is 1. The van der Waals surface area contributed by atoms with Gasteiger partial charge in [0.2, 0.25) is 0 Å². The SMILES string of the molecule is C=CCCCOC(=O)C[C@@H](CCC)C(=O)O. The van der Waals surface area contributed by atoms with E-state index in [0.29, 0.717) is 13.0 Å². The first kappa shape index (κ1) is 14.7. The highest BCUT2D eigenvalue weighted by Gasteiger charge is 2.20. The lowest BCUT2D eigenvalue weighted by Crippen LogP contribution is -2.19. The first-order chi connectivity index (χ1) is 7.61. The molecule has 0 radical (unpaired) electrons. The number of allylic oxidation sites excluding steroid dienone is 1. The molecule has 0 rings (SSSR count). The van der Waals surface area contributed by atoms with Crippen molar-refractivity contribution in [2.75, 3.05) is 6.61 Å². The molecule has 0 bridgehead atoms. The van der Waals surface area contributed by atoms with E-state index in [0.717, 1.165) is 19.3 Å². The maximum Gasteiger partial charge on any atom is 0.307 e. The Labute approximate surface area is 96.3 Å². The monoisotopic (exact) mass is 228 g/mol. The number of carboxylic acid groups (broad SMARTS) is 1. The van der Waals surface area contributed by atoms with Crippen LogP contribution in [0.3, 0.4) is 0 Å². The Morgan fingerprint density at radius 1 is 1.50 bits per heavy atom. The number of aliphatic carboxylic acids is 1. The van der Waals surface area contributed by atoms with Crippen molar-refractivity contribution in [3.05, 3.63) is 12.7 Å². The quantitative estimate of drug-likeness (QED) is 0.374. The normalized spacial score (nSPS) is 11.8. The van der Waals surface area contributed by atoms with Crippen LogP contribution >= 0.6 is 0 Å². The third-order valence-electron chi connectivity index (χ3n) is 2.22. The average molecular weight is 228 g/mol. The van der Waals surface area contributed by atoms with Crippen molar-refractivity contribution < 1.29 is 19.4 Å². The van der Waals surface area contributed by atoms with Crippen LogP contribution in [0.25, 0.3) is 0 Å². The summed E-state index contributed by atoms with van der Waals surface area (Å²) in [4.78, 5) is 22.1. The smallest absolute Gasteiger partial charge is 0.307 e. The molecule has 92 valence electrons. The predicted molar refractivity (Wildman–Crippen MR) is 61.0 cm³/mol. The Morgan fingerprint density at radius 2 is 2.19 bits per heavy atom. The lowest BCUT2D eigenvalue weighted by molar-refractivity contribution is -0.151. The van der Waals surface area contributed by atoms with Crippen LogP contribution in [-0.4, -0.2) is 23.7 Å². The molecule has 1 N–H and O–H groups in total. The minimum absolute atomic E-state index is 0.0305. The molecule has 4 heteroatoms. The zero-order chi connectivity index (χ0) is 12.4. The highest BCUT2D eigenvalue weighted by atomic mass is 16.5. The van der Waals surface area contributed by atoms with Crippen molar-refractivity contribution >= 4 is 11.9 Å². The third-order valence-corrected chi connectivity index (χ3v) is 2.22. The number of hydrogen-bond acceptors (Lipinski definition) is 3. The number of unbranched alkanes of at least 4 members (excludes halogenated alkanes) is 1. The van der Waals surface area contributed by atoms with Gasteiger partial charge in [0.05, 0.1) is 18.9 Å². The Bertz CT molecular complexity index is 235. The van der Waals surface area contributed by atoms with Crippen molar-refractivity contribution in [1.82, 2.24) is 0 Å². The third kappa shape index (κ3) is 7.04. The van der Waals surface area contributed by atoms with Crippen molar-refractivity contribution in [2.24, 2.45) is 5.92 Å². The van der Waals surface area contributed by atoms with E-state index >= 15 is 0 Å². The molecular weight excluding hydrogens is 208 g/mol. The van der Waals surface area contributed by atoms with Crippen LogP contribution in [-0.2, 0) is 14.3 Å². The maximum atomic E-state index is 11.3. The largest absolute Gasteiger partial charge is 0.481 e. The molecule has 0 saturated carbocycles. The summed E-state index contributed by atoms with van der Waals surface area (Å²) in [6.45, 7) is 5.79. The Morgan fingerprint density at radius 3 is 2.69 bits per heavy atom. The van der Waals surface area contributed by atoms with Gasteiger partial charge in [-0.1, -0.05) is 19.4 Å².